The van der Waals surface area contributed by atoms with E-state index in [0.717, 1.165) is 13.8 Å². The third kappa shape index (κ3) is 61.3. The Morgan fingerprint density at radius 1 is 1.00 bits per heavy atom. The molecule has 0 aliphatic carbocycles. The summed E-state index contributed by atoms with van der Waals surface area (Å²) in [5, 5.41) is 34.1. The quantitative estimate of drug-likeness (QED) is 0.417. The molecule has 0 radical (unpaired) electrons. The fraction of sp³-hybridized carbons (Fsp3) is 0.556. The summed E-state index contributed by atoms with van der Waals surface area (Å²) in [6, 6.07) is -1.06. The van der Waals surface area contributed by atoms with Gasteiger partial charge in [0.2, 0.25) is 0 Å². The normalized spacial score (nSPS) is 8.75. The molecule has 0 aliphatic heterocycles. The summed E-state index contributed by atoms with van der Waals surface area (Å²) >= 11 is 0. The first-order valence-corrected chi connectivity index (χ1v) is 4.56. The van der Waals surface area contributed by atoms with E-state index in [1.165, 1.54) is 0 Å². The molecule has 0 rings (SSSR count). The smallest absolute Gasteiger partial charge is 0.550 e. The fourth-order valence-corrected chi connectivity index (χ4v) is 0.402. The van der Waals surface area contributed by atoms with Gasteiger partial charge in [-0.05, 0) is 20.3 Å². The number of carboxylic acid groups (broad SMARTS) is 4. The number of carboxylic acids is 4. The maximum absolute atomic E-state index is 9.99. The van der Waals surface area contributed by atoms with E-state index in [1.54, 1.807) is 0 Å². The van der Waals surface area contributed by atoms with Crippen LogP contribution in [0.3, 0.4) is 0 Å². The molecule has 0 spiro atoms. The molecule has 0 aromatic rings. The summed E-state index contributed by atoms with van der Waals surface area (Å²) < 4.78 is 0. The summed E-state index contributed by atoms with van der Waals surface area (Å²) in [4.78, 5) is 37.6. The van der Waals surface area contributed by atoms with Crippen molar-refractivity contribution >= 4 is 23.9 Å². The van der Waals surface area contributed by atoms with Gasteiger partial charge in [-0.15, -0.1) is 0 Å². The van der Waals surface area contributed by atoms with Crippen molar-refractivity contribution in [1.29, 1.82) is 0 Å². The Bertz CT molecular complexity index is 278. The molecular weight excluding hydrogens is 328 g/mol. The maximum atomic E-state index is 9.99. The Hall–Kier alpha value is 1.11. The summed E-state index contributed by atoms with van der Waals surface area (Å²) in [5.41, 5.74) is 5.00. The van der Waals surface area contributed by atoms with Crippen molar-refractivity contribution in [2.75, 3.05) is 0 Å². The predicted molar refractivity (Wildman–Crippen MR) is 53.8 cm³/mol. The molecule has 11 heteroatoms. The average Bonchev–Trinajstić information content (AvgIpc) is 2.11. The van der Waals surface area contributed by atoms with E-state index >= 15 is 0 Å². The van der Waals surface area contributed by atoms with Gasteiger partial charge in [-0.25, -0.2) is 0 Å². The van der Waals surface area contributed by atoms with Gasteiger partial charge in [-0.2, -0.15) is 0 Å². The van der Waals surface area contributed by atoms with E-state index in [2.05, 4.69) is 0 Å². The van der Waals surface area contributed by atoms with Gasteiger partial charge in [0.25, 0.3) is 0 Å². The summed E-state index contributed by atoms with van der Waals surface area (Å²) in [5.74, 6) is -4.36. The van der Waals surface area contributed by atoms with Crippen LogP contribution in [0, 0.1) is 0 Å². The van der Waals surface area contributed by atoms with E-state index in [1.807, 2.05) is 0 Å². The Morgan fingerprint density at radius 2 is 1.25 bits per heavy atom. The zero-order chi connectivity index (χ0) is 15.3. The predicted octanol–water partition coefficient (Wildman–Crippen LogP) is -9.22. The third-order valence-corrected chi connectivity index (χ3v) is 0.986. The van der Waals surface area contributed by atoms with Crippen molar-refractivity contribution in [3.05, 3.63) is 0 Å². The molecule has 9 nitrogen and oxygen atoms in total. The van der Waals surface area contributed by atoms with E-state index in [4.69, 9.17) is 35.7 Å². The fourth-order valence-electron chi connectivity index (χ4n) is 0.402. The van der Waals surface area contributed by atoms with Gasteiger partial charge in [-0.3, -0.25) is 9.59 Å². The van der Waals surface area contributed by atoms with Gasteiger partial charge >= 0.3 is 115 Å². The molecular formula is C9H15K2NO8. The molecule has 0 saturated carbocycles. The number of nitrogens with two attached hydrogens (primary N) is 1. The van der Waals surface area contributed by atoms with Crippen LogP contribution in [-0.2, 0) is 19.2 Å². The molecule has 20 heavy (non-hydrogen) atoms. The number of hydrogen-bond acceptors (Lipinski definition) is 7. The van der Waals surface area contributed by atoms with E-state index in [-0.39, 0.29) is 116 Å². The Labute approximate surface area is 201 Å². The van der Waals surface area contributed by atoms with Crippen LogP contribution in [0.4, 0.5) is 0 Å². The second-order valence-electron chi connectivity index (χ2n) is 2.86. The SMILES string of the molecule is CC(=O)[O-].CC(=O)[O-].NC(CCC(=O)O)C(=O)O.[K+].[K+]. The minimum absolute atomic E-state index is 0. The monoisotopic (exact) mass is 343 g/mol. The van der Waals surface area contributed by atoms with Crippen LogP contribution in [0.1, 0.15) is 26.7 Å². The summed E-state index contributed by atoms with van der Waals surface area (Å²) in [6.45, 7) is 1.94. The molecule has 1 atom stereocenters. The van der Waals surface area contributed by atoms with Crippen molar-refractivity contribution in [1.82, 2.24) is 0 Å². The molecule has 0 bridgehead atoms. The van der Waals surface area contributed by atoms with Gasteiger partial charge in [0.1, 0.15) is 6.04 Å². The first-order valence-electron chi connectivity index (χ1n) is 4.56. The minimum atomic E-state index is -1.17. The Morgan fingerprint density at radius 3 is 1.40 bits per heavy atom. The molecule has 4 N–H and O–H groups in total. The first-order chi connectivity index (χ1) is 8.00. The van der Waals surface area contributed by atoms with Gasteiger partial charge in [0.05, 0.1) is 0 Å². The zero-order valence-electron chi connectivity index (χ0n) is 11.9. The van der Waals surface area contributed by atoms with Gasteiger partial charge in [-0.1, -0.05) is 0 Å². The molecule has 1 unspecified atom stereocenters. The van der Waals surface area contributed by atoms with Crippen molar-refractivity contribution in [2.24, 2.45) is 5.73 Å². The minimum Gasteiger partial charge on any atom is -0.550 e. The number of rotatable bonds is 4. The molecule has 0 fully saturated rings. The van der Waals surface area contributed by atoms with Crippen LogP contribution in [0.25, 0.3) is 0 Å². The van der Waals surface area contributed by atoms with Gasteiger partial charge < -0.3 is 35.7 Å². The standard InChI is InChI=1S/C5H9NO4.2C2H4O2.2K/c6-3(5(9)10)1-2-4(7)8;2*1-2(3)4;;/h3H,1-2,6H2,(H,7,8)(H,9,10);2*1H3,(H,3,4);;/q;;;2*+1/p-2. The zero-order valence-corrected chi connectivity index (χ0v) is 18.2. The van der Waals surface area contributed by atoms with Crippen LogP contribution in [0.2, 0.25) is 0 Å². The maximum Gasteiger partial charge on any atom is 1.00 e. The average molecular weight is 343 g/mol. The van der Waals surface area contributed by atoms with E-state index < -0.39 is 29.9 Å². The second kappa shape index (κ2) is 22.4. The van der Waals surface area contributed by atoms with Crippen molar-refractivity contribution in [3.63, 3.8) is 0 Å². The summed E-state index contributed by atoms with van der Waals surface area (Å²) in [7, 11) is 0. The van der Waals surface area contributed by atoms with Gasteiger partial charge in [0.15, 0.2) is 0 Å². The number of carbonyl (C=O) groups is 4. The first kappa shape index (κ1) is 32.9. The number of aliphatic carboxylic acids is 4. The second-order valence-corrected chi connectivity index (χ2v) is 2.86. The topological polar surface area (TPSA) is 181 Å². The van der Waals surface area contributed by atoms with Crippen LogP contribution >= 0.6 is 0 Å². The van der Waals surface area contributed by atoms with Crippen LogP contribution in [-0.4, -0.2) is 40.1 Å². The largest absolute Gasteiger partial charge is 1.00 e. The van der Waals surface area contributed by atoms with E-state index in [9.17, 15) is 9.59 Å². The summed E-state index contributed by atoms with van der Waals surface area (Å²) in [6.07, 6.45) is -0.224. The van der Waals surface area contributed by atoms with Crippen molar-refractivity contribution in [3.8, 4) is 0 Å². The van der Waals surface area contributed by atoms with E-state index in [0.29, 0.717) is 0 Å². The Balaban J connectivity index is -0.0000000637. The molecule has 106 valence electrons. The molecule has 0 aromatic heterocycles. The molecule has 0 aromatic carbocycles. The third-order valence-electron chi connectivity index (χ3n) is 0.986. The van der Waals surface area contributed by atoms with Gasteiger partial charge in [0, 0.05) is 18.4 Å². The molecule has 0 saturated heterocycles. The number of carbonyl (C=O) groups excluding carboxylic acids is 2. The van der Waals surface area contributed by atoms with Crippen LogP contribution < -0.4 is 119 Å². The Kier molecular flexibility index (Phi) is 36.8. The van der Waals surface area contributed by atoms with Crippen LogP contribution in [0.5, 0.6) is 0 Å². The molecule has 0 heterocycles. The molecule has 0 amide bonds. The van der Waals surface area contributed by atoms with Crippen molar-refractivity contribution < 1.29 is 142 Å². The number of hydrogen-bond donors (Lipinski definition) is 3. The van der Waals surface area contributed by atoms with Crippen LogP contribution in [0.15, 0.2) is 0 Å². The molecule has 0 aliphatic rings. The van der Waals surface area contributed by atoms with Crippen molar-refractivity contribution in [2.45, 2.75) is 32.7 Å².